The van der Waals surface area contributed by atoms with Gasteiger partial charge in [0.25, 0.3) is 5.70 Å². The van der Waals surface area contributed by atoms with Crippen LogP contribution in [0.25, 0.3) is 4.85 Å². The molecule has 0 amide bonds. The van der Waals surface area contributed by atoms with Crippen molar-refractivity contribution in [1.29, 1.82) is 5.26 Å². The number of nitrogens with zero attached hydrogens (tertiary/aromatic N) is 2. The molecule has 1 unspecified atom stereocenters. The van der Waals surface area contributed by atoms with Gasteiger partial charge in [0.2, 0.25) is 0 Å². The van der Waals surface area contributed by atoms with Gasteiger partial charge in [-0.15, -0.1) is 0 Å². The van der Waals surface area contributed by atoms with E-state index in [1.54, 1.807) is 0 Å². The van der Waals surface area contributed by atoms with E-state index in [0.717, 1.165) is 75.3 Å². The third-order valence-electron chi connectivity index (χ3n) is 11.4. The minimum absolute atomic E-state index is 0.0113. The number of thioether (sulfide) groups is 2. The number of nitriles is 1. The molecule has 6 aliphatic rings. The van der Waals surface area contributed by atoms with Crippen molar-refractivity contribution in [1.82, 2.24) is 0 Å². The molecule has 47 heavy (non-hydrogen) atoms. The van der Waals surface area contributed by atoms with Crippen LogP contribution in [0, 0.1) is 29.7 Å². The lowest BCUT2D eigenvalue weighted by Crippen LogP contribution is -2.52. The average Bonchev–Trinajstić information content (AvgIpc) is 3.63. The predicted octanol–water partition coefficient (Wildman–Crippen LogP) is 9.36. The molecule has 9 rings (SSSR count). The summed E-state index contributed by atoms with van der Waals surface area (Å²) in [4.78, 5) is 32.8. The van der Waals surface area contributed by atoms with Crippen molar-refractivity contribution in [2.75, 3.05) is 0 Å². The average molecular weight is 657 g/mol. The maximum Gasteiger partial charge on any atom is 0.314 e. The van der Waals surface area contributed by atoms with Gasteiger partial charge in [0.1, 0.15) is 11.5 Å². The summed E-state index contributed by atoms with van der Waals surface area (Å²) in [6.45, 7) is 7.71. The fourth-order valence-corrected chi connectivity index (χ4v) is 11.9. The second-order valence-corrected chi connectivity index (χ2v) is 15.9. The summed E-state index contributed by atoms with van der Waals surface area (Å²) < 4.78 is 13.7. The molecule has 0 radical (unpaired) electrons. The van der Waals surface area contributed by atoms with E-state index in [0.29, 0.717) is 25.5 Å². The minimum Gasteiger partial charge on any atom is -0.425 e. The van der Waals surface area contributed by atoms with E-state index in [9.17, 15) is 14.9 Å². The molecular formula is C39H32N2O4S2. The molecule has 2 saturated carbocycles. The Kier molecular flexibility index (Phi) is 6.86. The first kappa shape index (κ1) is 29.2. The van der Waals surface area contributed by atoms with E-state index in [1.807, 2.05) is 0 Å². The van der Waals surface area contributed by atoms with Gasteiger partial charge in [0.15, 0.2) is 0 Å². The Bertz CT molecular complexity index is 1870. The number of esters is 2. The van der Waals surface area contributed by atoms with E-state index in [4.69, 9.17) is 16.0 Å². The molecule has 234 valence electrons. The number of hydrogen-bond donors (Lipinski definition) is 0. The summed E-state index contributed by atoms with van der Waals surface area (Å²) in [5, 5.41) is 9.87. The Morgan fingerprint density at radius 1 is 0.745 bits per heavy atom. The molecule has 5 aliphatic carbocycles. The van der Waals surface area contributed by atoms with Crippen molar-refractivity contribution >= 4 is 35.5 Å². The van der Waals surface area contributed by atoms with Crippen molar-refractivity contribution in [3.63, 3.8) is 0 Å². The first-order valence-corrected chi connectivity index (χ1v) is 18.4. The molecule has 1 heterocycles. The van der Waals surface area contributed by atoms with Crippen LogP contribution >= 0.6 is 23.5 Å². The second-order valence-electron chi connectivity index (χ2n) is 13.6. The molecule has 0 N–H and O–H groups in total. The summed E-state index contributed by atoms with van der Waals surface area (Å²) in [5.41, 5.74) is 6.48. The smallest absolute Gasteiger partial charge is 0.314 e. The number of hydrogen-bond acceptors (Lipinski definition) is 7. The van der Waals surface area contributed by atoms with Crippen LogP contribution in [0.3, 0.4) is 0 Å². The molecule has 8 heteroatoms. The van der Waals surface area contributed by atoms with Gasteiger partial charge in [0, 0.05) is 28.4 Å². The molecule has 3 aromatic rings. The minimum atomic E-state index is -0.328. The largest absolute Gasteiger partial charge is 0.425 e. The zero-order valence-corrected chi connectivity index (χ0v) is 27.5. The summed E-state index contributed by atoms with van der Waals surface area (Å²) in [6, 6.07) is 19.2. The topological polar surface area (TPSA) is 80.8 Å². The molecule has 2 fully saturated rings. The van der Waals surface area contributed by atoms with Crippen LogP contribution < -0.4 is 9.47 Å². The Labute approximate surface area is 282 Å². The number of ether oxygens (including phenoxy) is 2. The fraction of sp³-hybridized carbons (Fsp3) is 0.385. The van der Waals surface area contributed by atoms with E-state index in [1.165, 1.54) is 45.8 Å². The lowest BCUT2D eigenvalue weighted by Gasteiger charge is -2.58. The lowest BCUT2D eigenvalue weighted by atomic mass is 9.43. The summed E-state index contributed by atoms with van der Waals surface area (Å²) in [6.07, 6.45) is 9.56. The van der Waals surface area contributed by atoms with E-state index >= 15 is 0 Å². The van der Waals surface area contributed by atoms with Gasteiger partial charge in [-0.05, 0) is 47.9 Å². The zero-order valence-electron chi connectivity index (χ0n) is 25.8. The van der Waals surface area contributed by atoms with Crippen LogP contribution in [0.15, 0.2) is 68.3 Å². The molecule has 1 spiro atoms. The van der Waals surface area contributed by atoms with E-state index in [-0.39, 0.29) is 46.7 Å². The molecule has 1 aliphatic heterocycles. The summed E-state index contributed by atoms with van der Waals surface area (Å²) >= 11 is 2.60. The SMILES string of the molecule is [C-]#[N+]C(C#N)=C1Sc2c(OC(=O)C3CCCCC3)c3c(c(OC(=O)C4CCCCC4)c2S1)[C@@H]1c2ccccc2C12c1ccccc1[C@H]32. The quantitative estimate of drug-likeness (QED) is 0.120. The highest BCUT2D eigenvalue weighted by Crippen LogP contribution is 2.81. The fourth-order valence-electron chi connectivity index (χ4n) is 9.41. The van der Waals surface area contributed by atoms with Crippen LogP contribution in [0.2, 0.25) is 0 Å². The first-order chi connectivity index (χ1) is 23.1. The Morgan fingerprint density at radius 2 is 1.19 bits per heavy atom. The number of carbonyl (C=O) groups excluding carboxylic acids is 2. The third kappa shape index (κ3) is 3.98. The number of allylic oxidation sites excluding steroid dienone is 1. The highest BCUT2D eigenvalue weighted by atomic mass is 32.2. The molecular weight excluding hydrogens is 625 g/mol. The second kappa shape index (κ2) is 11.0. The number of benzene rings is 3. The van der Waals surface area contributed by atoms with Gasteiger partial charge in [-0.1, -0.05) is 111 Å². The third-order valence-corrected chi connectivity index (χ3v) is 14.0. The molecule has 0 aromatic heterocycles. The standard InChI is InChI=1S/C39H32N2O4S2/c1-41-27(20-40)38-46-34-32(44-36(42)21-12-4-2-5-13-21)28-29(33(35(34)47-38)45-37(43)22-14-6-3-7-15-22)31-24-17-9-11-19-26(24)39(31)25-18-10-8-16-23(25)30(28)39/h8-11,16-19,21-22,30-31H,2-7,12-15H2/t30-,31+,39?. The highest BCUT2D eigenvalue weighted by molar-refractivity contribution is 8.24. The number of rotatable bonds is 4. The molecule has 0 saturated heterocycles. The Hall–Kier alpha value is -3.98. The predicted molar refractivity (Wildman–Crippen MR) is 179 cm³/mol. The number of fused-ring (bicyclic) bond motifs is 8. The van der Waals surface area contributed by atoms with Crippen molar-refractivity contribution in [2.24, 2.45) is 11.8 Å². The van der Waals surface area contributed by atoms with Crippen LogP contribution in [0.5, 0.6) is 11.5 Å². The Balaban J connectivity index is 1.30. The maximum atomic E-state index is 14.0. The van der Waals surface area contributed by atoms with Crippen molar-refractivity contribution in [3.05, 3.63) is 103 Å². The van der Waals surface area contributed by atoms with Gasteiger partial charge >= 0.3 is 11.9 Å². The van der Waals surface area contributed by atoms with Crippen molar-refractivity contribution in [2.45, 2.75) is 91.2 Å². The molecule has 3 atom stereocenters. The van der Waals surface area contributed by atoms with Crippen LogP contribution in [0.4, 0.5) is 0 Å². The monoisotopic (exact) mass is 656 g/mol. The van der Waals surface area contributed by atoms with Crippen molar-refractivity contribution in [3.8, 4) is 17.6 Å². The summed E-state index contributed by atoms with van der Waals surface area (Å²) in [5.74, 6) is 0.146. The normalized spacial score (nSPS) is 26.0. The molecule has 6 nitrogen and oxygen atoms in total. The zero-order chi connectivity index (χ0) is 31.9. The van der Waals surface area contributed by atoms with Gasteiger partial charge in [0.05, 0.1) is 38.5 Å². The van der Waals surface area contributed by atoms with Crippen LogP contribution in [-0.2, 0) is 15.0 Å². The van der Waals surface area contributed by atoms with Crippen molar-refractivity contribution < 1.29 is 19.1 Å². The highest BCUT2D eigenvalue weighted by Gasteiger charge is 2.71. The van der Waals surface area contributed by atoms with Gasteiger partial charge in [-0.3, -0.25) is 9.59 Å². The van der Waals surface area contributed by atoms with E-state index in [2.05, 4.69) is 59.4 Å². The summed E-state index contributed by atoms with van der Waals surface area (Å²) in [7, 11) is 0. The Morgan fingerprint density at radius 3 is 1.62 bits per heavy atom. The number of carbonyl (C=O) groups is 2. The van der Waals surface area contributed by atoms with Crippen LogP contribution in [-0.4, -0.2) is 11.9 Å². The van der Waals surface area contributed by atoms with Crippen LogP contribution in [0.1, 0.15) is 109 Å². The van der Waals surface area contributed by atoms with E-state index < -0.39 is 0 Å². The lowest BCUT2D eigenvalue weighted by molar-refractivity contribution is -0.141. The molecule has 0 bridgehead atoms. The first-order valence-electron chi connectivity index (χ1n) is 16.8. The van der Waals surface area contributed by atoms with Gasteiger partial charge < -0.3 is 9.47 Å². The van der Waals surface area contributed by atoms with Gasteiger partial charge in [-0.25, -0.2) is 10.1 Å². The maximum absolute atomic E-state index is 14.0. The molecule has 3 aromatic carbocycles. The van der Waals surface area contributed by atoms with Gasteiger partial charge in [-0.2, -0.15) is 0 Å².